The van der Waals surface area contributed by atoms with Crippen molar-refractivity contribution in [2.75, 3.05) is 43.5 Å². The van der Waals surface area contributed by atoms with Gasteiger partial charge in [-0.1, -0.05) is 0 Å². The maximum Gasteiger partial charge on any atom is 0.410 e. The Hall–Kier alpha value is -2.52. The summed E-state index contributed by atoms with van der Waals surface area (Å²) in [6, 6.07) is 10.2. The highest BCUT2D eigenvalue weighted by atomic mass is 32.2. The maximum absolute atomic E-state index is 12.8. The summed E-state index contributed by atoms with van der Waals surface area (Å²) in [5, 5.41) is 0.647. The number of hydrogen-bond donors (Lipinski definition) is 1. The first-order chi connectivity index (χ1) is 17.6. The van der Waals surface area contributed by atoms with Gasteiger partial charge in [-0.05, 0) is 77.6 Å². The molecule has 200 valence electrons. The number of hydrogen-bond acceptors (Lipinski definition) is 8. The van der Waals surface area contributed by atoms with E-state index in [9.17, 15) is 4.79 Å². The van der Waals surface area contributed by atoms with Crippen LogP contribution in [0.3, 0.4) is 0 Å². The number of piperidine rings is 1. The van der Waals surface area contributed by atoms with E-state index < -0.39 is 5.60 Å². The van der Waals surface area contributed by atoms with Crippen LogP contribution in [0, 0.1) is 0 Å². The minimum atomic E-state index is -0.501. The number of nitrogens with zero attached hydrogens (tertiary/aromatic N) is 4. The predicted molar refractivity (Wildman–Crippen MR) is 149 cm³/mol. The fourth-order valence-corrected chi connectivity index (χ4v) is 6.61. The highest BCUT2D eigenvalue weighted by molar-refractivity contribution is 8.01. The first-order valence-electron chi connectivity index (χ1n) is 13.4. The number of ether oxygens (including phenoxy) is 2. The number of rotatable bonds is 5. The van der Waals surface area contributed by atoms with Crippen LogP contribution < -0.4 is 10.6 Å². The van der Waals surface area contributed by atoms with E-state index >= 15 is 0 Å². The Bertz CT molecular complexity index is 1110. The lowest BCUT2D eigenvalue weighted by Crippen LogP contribution is -2.47. The normalized spacial score (nSPS) is 22.1. The fraction of sp³-hybridized carbons (Fsp3) is 0.607. The van der Waals surface area contributed by atoms with Gasteiger partial charge in [0.05, 0.1) is 29.7 Å². The standard InChI is InChI=1S/C28H39N5O3S/c1-19-18-35-16-15-33(19)24-17-23(30-25(31-24)20-5-7-21(29)8-6-20)28(37-22-9-10-22)11-13-32(14-12-28)26(34)36-27(2,3)4/h5-8,17,19,22H,9-16,18,29H2,1-4H3/t19-/m0/s1. The molecule has 8 nitrogen and oxygen atoms in total. The van der Waals surface area contributed by atoms with Gasteiger partial charge in [0.15, 0.2) is 5.82 Å². The van der Waals surface area contributed by atoms with Crippen molar-refractivity contribution in [2.24, 2.45) is 0 Å². The molecule has 2 aromatic rings. The van der Waals surface area contributed by atoms with Gasteiger partial charge in [-0.3, -0.25) is 0 Å². The number of nitrogen functional groups attached to an aromatic ring is 1. The molecule has 2 saturated heterocycles. The zero-order valence-corrected chi connectivity index (χ0v) is 23.2. The summed E-state index contributed by atoms with van der Waals surface area (Å²) in [7, 11) is 0. The van der Waals surface area contributed by atoms with Crippen LogP contribution in [-0.2, 0) is 14.2 Å². The van der Waals surface area contributed by atoms with Crippen molar-refractivity contribution in [1.82, 2.24) is 14.9 Å². The number of amides is 1. The Balaban J connectivity index is 1.50. The van der Waals surface area contributed by atoms with Crippen LogP contribution >= 0.6 is 11.8 Å². The van der Waals surface area contributed by atoms with Gasteiger partial charge in [0.2, 0.25) is 0 Å². The summed E-state index contributed by atoms with van der Waals surface area (Å²) in [6.45, 7) is 11.4. The molecule has 3 heterocycles. The molecule has 9 heteroatoms. The van der Waals surface area contributed by atoms with Crippen LogP contribution in [0.25, 0.3) is 11.4 Å². The van der Waals surface area contributed by atoms with E-state index in [0.29, 0.717) is 31.6 Å². The van der Waals surface area contributed by atoms with E-state index in [-0.39, 0.29) is 16.9 Å². The second-order valence-corrected chi connectivity index (χ2v) is 13.1. The summed E-state index contributed by atoms with van der Waals surface area (Å²) in [5.41, 5.74) is 8.20. The van der Waals surface area contributed by atoms with Crippen molar-refractivity contribution < 1.29 is 14.3 Å². The lowest BCUT2D eigenvalue weighted by atomic mass is 9.91. The minimum absolute atomic E-state index is 0.171. The van der Waals surface area contributed by atoms with E-state index in [1.165, 1.54) is 12.8 Å². The summed E-state index contributed by atoms with van der Waals surface area (Å²) in [6.07, 6.45) is 3.93. The molecule has 1 aromatic heterocycles. The van der Waals surface area contributed by atoms with Gasteiger partial charge in [0, 0.05) is 42.2 Å². The zero-order valence-electron chi connectivity index (χ0n) is 22.4. The third kappa shape index (κ3) is 6.14. The van der Waals surface area contributed by atoms with Crippen molar-refractivity contribution in [1.29, 1.82) is 0 Å². The van der Waals surface area contributed by atoms with Gasteiger partial charge in [-0.25, -0.2) is 14.8 Å². The molecule has 1 amide bonds. The van der Waals surface area contributed by atoms with Crippen molar-refractivity contribution in [3.05, 3.63) is 36.0 Å². The molecule has 1 saturated carbocycles. The number of likely N-dealkylation sites (tertiary alicyclic amines) is 1. The van der Waals surface area contributed by atoms with Crippen LogP contribution in [0.4, 0.5) is 16.3 Å². The molecule has 0 radical (unpaired) electrons. The maximum atomic E-state index is 12.8. The Morgan fingerprint density at radius 3 is 2.46 bits per heavy atom. The van der Waals surface area contributed by atoms with Crippen molar-refractivity contribution in [3.8, 4) is 11.4 Å². The highest BCUT2D eigenvalue weighted by Crippen LogP contribution is 2.53. The van der Waals surface area contributed by atoms with Crippen molar-refractivity contribution >= 4 is 29.4 Å². The number of thioether (sulfide) groups is 1. The Morgan fingerprint density at radius 1 is 1.14 bits per heavy atom. The topological polar surface area (TPSA) is 93.8 Å². The largest absolute Gasteiger partial charge is 0.444 e. The number of carbonyl (C=O) groups is 1. The first kappa shape index (κ1) is 26.1. The van der Waals surface area contributed by atoms with E-state index in [1.807, 2.05) is 61.7 Å². The Labute approximate surface area is 224 Å². The lowest BCUT2D eigenvalue weighted by Gasteiger charge is -2.42. The van der Waals surface area contributed by atoms with E-state index in [0.717, 1.165) is 48.0 Å². The molecule has 0 spiro atoms. The van der Waals surface area contributed by atoms with Gasteiger partial charge < -0.3 is 25.0 Å². The number of carbonyl (C=O) groups excluding carboxylic acids is 1. The molecule has 0 bridgehead atoms. The van der Waals surface area contributed by atoms with Gasteiger partial charge in [-0.2, -0.15) is 0 Å². The number of morpholine rings is 1. The molecule has 37 heavy (non-hydrogen) atoms. The van der Waals surface area contributed by atoms with Gasteiger partial charge in [0.1, 0.15) is 11.4 Å². The third-order valence-corrected chi connectivity index (χ3v) is 9.02. The number of anilines is 2. The van der Waals surface area contributed by atoms with Crippen molar-refractivity contribution in [2.45, 2.75) is 75.0 Å². The van der Waals surface area contributed by atoms with Crippen LogP contribution in [0.15, 0.2) is 30.3 Å². The molecule has 1 aliphatic carbocycles. The quantitative estimate of drug-likeness (QED) is 0.541. The van der Waals surface area contributed by atoms with E-state index in [4.69, 9.17) is 25.2 Å². The number of benzene rings is 1. The molecule has 3 fully saturated rings. The number of aromatic nitrogens is 2. The monoisotopic (exact) mass is 525 g/mol. The summed E-state index contributed by atoms with van der Waals surface area (Å²) < 4.78 is 11.2. The predicted octanol–water partition coefficient (Wildman–Crippen LogP) is 5.07. The van der Waals surface area contributed by atoms with E-state index in [1.54, 1.807) is 0 Å². The van der Waals surface area contributed by atoms with Gasteiger partial charge in [0.25, 0.3) is 0 Å². The van der Waals surface area contributed by atoms with Gasteiger partial charge in [-0.15, -0.1) is 11.8 Å². The molecule has 1 atom stereocenters. The average molecular weight is 526 g/mol. The molecule has 5 rings (SSSR count). The second-order valence-electron chi connectivity index (χ2n) is 11.5. The number of nitrogens with two attached hydrogens (primary N) is 1. The molecule has 2 N–H and O–H groups in total. The molecule has 1 aromatic carbocycles. The zero-order chi connectivity index (χ0) is 26.2. The van der Waals surface area contributed by atoms with Crippen LogP contribution in [0.1, 0.15) is 59.1 Å². The fourth-order valence-electron chi connectivity index (χ4n) is 4.96. The van der Waals surface area contributed by atoms with Crippen LogP contribution in [0.2, 0.25) is 0 Å². The first-order valence-corrected chi connectivity index (χ1v) is 14.3. The van der Waals surface area contributed by atoms with Gasteiger partial charge >= 0.3 is 6.09 Å². The average Bonchev–Trinajstić information content (AvgIpc) is 3.68. The highest BCUT2D eigenvalue weighted by Gasteiger charge is 2.44. The molecule has 0 unspecified atom stereocenters. The third-order valence-electron chi connectivity index (χ3n) is 7.15. The molecular formula is C28H39N5O3S. The summed E-state index contributed by atoms with van der Waals surface area (Å²) >= 11 is 2.04. The summed E-state index contributed by atoms with van der Waals surface area (Å²) in [5.74, 6) is 1.66. The second kappa shape index (κ2) is 10.3. The Morgan fingerprint density at radius 2 is 1.84 bits per heavy atom. The lowest BCUT2D eigenvalue weighted by molar-refractivity contribution is 0.0194. The van der Waals surface area contributed by atoms with E-state index in [2.05, 4.69) is 17.9 Å². The minimum Gasteiger partial charge on any atom is -0.444 e. The van der Waals surface area contributed by atoms with Crippen LogP contribution in [-0.4, -0.2) is 70.7 Å². The van der Waals surface area contributed by atoms with Crippen LogP contribution in [0.5, 0.6) is 0 Å². The Kier molecular flexibility index (Phi) is 7.29. The smallest absolute Gasteiger partial charge is 0.410 e. The molecule has 3 aliphatic rings. The molecular weight excluding hydrogens is 486 g/mol. The summed E-state index contributed by atoms with van der Waals surface area (Å²) in [4.78, 5) is 27.2. The SMILES string of the molecule is C[C@H]1COCCN1c1cc(C2(SC3CC3)CCN(C(=O)OC(C)(C)C)CC2)nc(-c2ccc(N)cc2)n1. The van der Waals surface area contributed by atoms with Crippen molar-refractivity contribution in [3.63, 3.8) is 0 Å². The molecule has 2 aliphatic heterocycles.